The summed E-state index contributed by atoms with van der Waals surface area (Å²) in [6.45, 7) is 2.58. The summed E-state index contributed by atoms with van der Waals surface area (Å²) in [5.74, 6) is 0.220. The number of carbonyl (C=O) groups excluding carboxylic acids is 1. The van der Waals surface area contributed by atoms with E-state index >= 15 is 0 Å². The van der Waals surface area contributed by atoms with Crippen LogP contribution in [0.25, 0.3) is 0 Å². The van der Waals surface area contributed by atoms with Gasteiger partial charge in [-0.2, -0.15) is 5.10 Å². The van der Waals surface area contributed by atoms with Gasteiger partial charge in [-0.05, 0) is 38.0 Å². The monoisotopic (exact) mass is 266 g/mol. The third-order valence-electron chi connectivity index (χ3n) is 3.82. The fraction of sp³-hybridized carbons (Fsp3) is 0.692. The Morgan fingerprint density at radius 3 is 2.74 bits per heavy atom. The van der Waals surface area contributed by atoms with E-state index in [0.717, 1.165) is 37.8 Å². The number of hydrogen-bond donors (Lipinski definition) is 4. The summed E-state index contributed by atoms with van der Waals surface area (Å²) in [4.78, 5) is 12.0. The SMILES string of the molecule is CCc1[nH]nc(C(=O)NCC2CCC(O)CC2)c1N. The van der Waals surface area contributed by atoms with Gasteiger partial charge in [0.05, 0.1) is 17.5 Å². The second-order valence-corrected chi connectivity index (χ2v) is 5.20. The zero-order chi connectivity index (χ0) is 13.8. The summed E-state index contributed by atoms with van der Waals surface area (Å²) in [7, 11) is 0. The summed E-state index contributed by atoms with van der Waals surface area (Å²) in [6, 6.07) is 0. The Bertz CT molecular complexity index is 436. The van der Waals surface area contributed by atoms with Gasteiger partial charge in [-0.15, -0.1) is 0 Å². The quantitative estimate of drug-likeness (QED) is 0.648. The Morgan fingerprint density at radius 1 is 1.47 bits per heavy atom. The zero-order valence-electron chi connectivity index (χ0n) is 11.3. The van der Waals surface area contributed by atoms with Crippen LogP contribution in [-0.4, -0.2) is 33.9 Å². The Morgan fingerprint density at radius 2 is 2.16 bits per heavy atom. The van der Waals surface area contributed by atoms with Crippen molar-refractivity contribution in [1.29, 1.82) is 0 Å². The number of aromatic amines is 1. The summed E-state index contributed by atoms with van der Waals surface area (Å²) in [5.41, 5.74) is 7.38. The minimum absolute atomic E-state index is 0.166. The van der Waals surface area contributed by atoms with Crippen LogP contribution in [0.1, 0.15) is 48.8 Å². The Balaban J connectivity index is 1.85. The second-order valence-electron chi connectivity index (χ2n) is 5.20. The van der Waals surface area contributed by atoms with Gasteiger partial charge in [0.25, 0.3) is 5.91 Å². The molecule has 106 valence electrons. The number of carbonyl (C=O) groups is 1. The number of rotatable bonds is 4. The largest absolute Gasteiger partial charge is 0.395 e. The lowest BCUT2D eigenvalue weighted by atomic mass is 9.87. The standard InChI is InChI=1S/C13H22N4O2/c1-2-10-11(14)12(17-16-10)13(19)15-7-8-3-5-9(18)6-4-8/h8-9,18H,2-7,14H2,1H3,(H,15,19)(H,16,17). The van der Waals surface area contributed by atoms with Crippen molar-refractivity contribution in [3.8, 4) is 0 Å². The number of H-pyrrole nitrogens is 1. The molecule has 1 fully saturated rings. The van der Waals surface area contributed by atoms with Crippen LogP contribution in [-0.2, 0) is 6.42 Å². The van der Waals surface area contributed by atoms with Crippen molar-refractivity contribution in [2.75, 3.05) is 12.3 Å². The lowest BCUT2D eigenvalue weighted by Crippen LogP contribution is -2.32. The van der Waals surface area contributed by atoms with Crippen molar-refractivity contribution in [3.05, 3.63) is 11.4 Å². The molecule has 0 aromatic carbocycles. The number of anilines is 1. The molecule has 6 nitrogen and oxygen atoms in total. The van der Waals surface area contributed by atoms with E-state index < -0.39 is 0 Å². The van der Waals surface area contributed by atoms with Crippen molar-refractivity contribution < 1.29 is 9.90 Å². The van der Waals surface area contributed by atoms with E-state index in [0.29, 0.717) is 18.2 Å². The van der Waals surface area contributed by atoms with Gasteiger partial charge in [-0.3, -0.25) is 9.89 Å². The van der Waals surface area contributed by atoms with Gasteiger partial charge in [0.15, 0.2) is 5.69 Å². The van der Waals surface area contributed by atoms with Crippen molar-refractivity contribution in [2.45, 2.75) is 45.1 Å². The summed E-state index contributed by atoms with van der Waals surface area (Å²) in [6.07, 6.45) is 4.12. The van der Waals surface area contributed by atoms with E-state index in [1.807, 2.05) is 6.92 Å². The lowest BCUT2D eigenvalue weighted by molar-refractivity contribution is 0.0906. The minimum Gasteiger partial charge on any atom is -0.395 e. The molecule has 0 saturated heterocycles. The van der Waals surface area contributed by atoms with Gasteiger partial charge in [0.2, 0.25) is 0 Å². The smallest absolute Gasteiger partial charge is 0.273 e. The molecule has 1 aromatic heterocycles. The summed E-state index contributed by atoms with van der Waals surface area (Å²) in [5, 5.41) is 19.0. The molecule has 6 heteroatoms. The highest BCUT2D eigenvalue weighted by atomic mass is 16.3. The molecule has 0 bridgehead atoms. The van der Waals surface area contributed by atoms with Crippen molar-refractivity contribution >= 4 is 11.6 Å². The highest BCUT2D eigenvalue weighted by Gasteiger charge is 2.21. The number of aryl methyl sites for hydroxylation is 1. The Hall–Kier alpha value is -1.56. The molecule has 0 unspecified atom stereocenters. The third-order valence-corrected chi connectivity index (χ3v) is 3.82. The van der Waals surface area contributed by atoms with E-state index in [4.69, 9.17) is 5.73 Å². The molecule has 0 spiro atoms. The Labute approximate surface area is 112 Å². The number of nitrogens with one attached hydrogen (secondary N) is 2. The molecule has 1 heterocycles. The molecule has 0 aliphatic heterocycles. The molecule has 2 rings (SSSR count). The predicted molar refractivity (Wildman–Crippen MR) is 72.7 cm³/mol. The van der Waals surface area contributed by atoms with Gasteiger partial charge < -0.3 is 16.2 Å². The number of hydrogen-bond acceptors (Lipinski definition) is 4. The average molecular weight is 266 g/mol. The van der Waals surface area contributed by atoms with Gasteiger partial charge in [0, 0.05) is 6.54 Å². The maximum Gasteiger partial charge on any atom is 0.273 e. The van der Waals surface area contributed by atoms with Crippen LogP contribution in [0.2, 0.25) is 0 Å². The fourth-order valence-corrected chi connectivity index (χ4v) is 2.50. The first-order valence-corrected chi connectivity index (χ1v) is 6.90. The van der Waals surface area contributed by atoms with Crippen LogP contribution in [0.4, 0.5) is 5.69 Å². The van der Waals surface area contributed by atoms with E-state index in [1.165, 1.54) is 0 Å². The van der Waals surface area contributed by atoms with Gasteiger partial charge in [0.1, 0.15) is 0 Å². The first-order chi connectivity index (χ1) is 9.11. The zero-order valence-corrected chi connectivity index (χ0v) is 11.3. The van der Waals surface area contributed by atoms with Crippen molar-refractivity contribution in [2.24, 2.45) is 5.92 Å². The van der Waals surface area contributed by atoms with E-state index in [2.05, 4.69) is 15.5 Å². The molecule has 1 aromatic rings. The van der Waals surface area contributed by atoms with E-state index in [-0.39, 0.29) is 17.7 Å². The number of nitrogen functional groups attached to an aromatic ring is 1. The van der Waals surface area contributed by atoms with Crippen LogP contribution >= 0.6 is 0 Å². The van der Waals surface area contributed by atoms with Crippen LogP contribution in [0, 0.1) is 5.92 Å². The highest BCUT2D eigenvalue weighted by molar-refractivity contribution is 5.97. The number of nitrogens with zero attached hydrogens (tertiary/aromatic N) is 1. The third kappa shape index (κ3) is 3.26. The second kappa shape index (κ2) is 6.06. The molecule has 0 atom stereocenters. The molecule has 5 N–H and O–H groups in total. The minimum atomic E-state index is -0.223. The molecular formula is C13H22N4O2. The number of aromatic nitrogens is 2. The fourth-order valence-electron chi connectivity index (χ4n) is 2.50. The molecule has 1 saturated carbocycles. The predicted octanol–water partition coefficient (Wildman–Crippen LogP) is 0.835. The highest BCUT2D eigenvalue weighted by Crippen LogP contribution is 2.23. The molecule has 1 aliphatic carbocycles. The maximum absolute atomic E-state index is 12.0. The number of amides is 1. The van der Waals surface area contributed by atoms with Crippen LogP contribution < -0.4 is 11.1 Å². The molecule has 1 amide bonds. The average Bonchev–Trinajstić information content (AvgIpc) is 2.79. The summed E-state index contributed by atoms with van der Waals surface area (Å²) < 4.78 is 0. The molecule has 0 radical (unpaired) electrons. The van der Waals surface area contributed by atoms with Crippen LogP contribution in [0.15, 0.2) is 0 Å². The first-order valence-electron chi connectivity index (χ1n) is 6.90. The summed E-state index contributed by atoms with van der Waals surface area (Å²) >= 11 is 0. The maximum atomic E-state index is 12.0. The Kier molecular flexibility index (Phi) is 4.42. The topological polar surface area (TPSA) is 104 Å². The molecular weight excluding hydrogens is 244 g/mol. The van der Waals surface area contributed by atoms with E-state index in [1.54, 1.807) is 0 Å². The first kappa shape index (κ1) is 13.9. The number of aliphatic hydroxyl groups is 1. The number of nitrogens with two attached hydrogens (primary N) is 1. The molecule has 19 heavy (non-hydrogen) atoms. The normalized spacial score (nSPS) is 23.3. The molecule has 1 aliphatic rings. The van der Waals surface area contributed by atoms with Gasteiger partial charge in [-0.25, -0.2) is 0 Å². The van der Waals surface area contributed by atoms with Crippen molar-refractivity contribution in [1.82, 2.24) is 15.5 Å². The lowest BCUT2D eigenvalue weighted by Gasteiger charge is -2.25. The van der Waals surface area contributed by atoms with Crippen LogP contribution in [0.5, 0.6) is 0 Å². The van der Waals surface area contributed by atoms with Gasteiger partial charge in [-0.1, -0.05) is 6.92 Å². The van der Waals surface area contributed by atoms with E-state index in [9.17, 15) is 9.90 Å². The number of aliphatic hydroxyl groups excluding tert-OH is 1. The van der Waals surface area contributed by atoms with Crippen molar-refractivity contribution in [3.63, 3.8) is 0 Å². The van der Waals surface area contributed by atoms with Crippen LogP contribution in [0.3, 0.4) is 0 Å². The van der Waals surface area contributed by atoms with Gasteiger partial charge >= 0.3 is 0 Å².